The predicted molar refractivity (Wildman–Crippen MR) is 128 cm³/mol. The maximum atomic E-state index is 12.9. The van der Waals surface area contributed by atoms with Crippen LogP contribution in [-0.2, 0) is 40.0 Å². The molecule has 0 bridgehead atoms. The fourth-order valence-corrected chi connectivity index (χ4v) is 3.15. The van der Waals surface area contributed by atoms with Crippen molar-refractivity contribution in [3.63, 3.8) is 0 Å². The lowest BCUT2D eigenvalue weighted by Crippen LogP contribution is -2.58. The molecule has 38 heavy (non-hydrogen) atoms. The standard InChI is InChI=1S/C22H30N6O10/c23-12(8-16(24)30)19(34)27-14(9-17(25)31)21(36)26-13(5-6-18(32)33)20(35)28-15(22(37)38)7-10-1-3-11(29)4-2-10/h1-4,12-15,29H,5-9,23H2,(H2,24,30)(H2,25,31)(H,26,36)(H,27,34)(H,28,35)(H,32,33)(H,37,38). The largest absolute Gasteiger partial charge is 0.508 e. The van der Waals surface area contributed by atoms with Crippen LogP contribution in [0.25, 0.3) is 0 Å². The van der Waals surface area contributed by atoms with Gasteiger partial charge in [-0.05, 0) is 24.1 Å². The van der Waals surface area contributed by atoms with Crippen LogP contribution >= 0.6 is 0 Å². The first kappa shape index (κ1) is 31.3. The van der Waals surface area contributed by atoms with E-state index in [0.29, 0.717) is 5.56 Å². The first-order valence-corrected chi connectivity index (χ1v) is 11.1. The number of carboxylic acid groups (broad SMARTS) is 2. The molecule has 0 spiro atoms. The van der Waals surface area contributed by atoms with Gasteiger partial charge in [-0.25, -0.2) is 4.79 Å². The van der Waals surface area contributed by atoms with E-state index in [1.54, 1.807) is 0 Å². The number of hydrogen-bond donors (Lipinski definition) is 9. The molecule has 0 fully saturated rings. The molecular weight excluding hydrogens is 508 g/mol. The van der Waals surface area contributed by atoms with Crippen molar-refractivity contribution in [1.29, 1.82) is 0 Å². The Balaban J connectivity index is 3.07. The van der Waals surface area contributed by atoms with Gasteiger partial charge >= 0.3 is 11.9 Å². The minimum absolute atomic E-state index is 0.0608. The monoisotopic (exact) mass is 538 g/mol. The molecule has 208 valence electrons. The van der Waals surface area contributed by atoms with Crippen molar-refractivity contribution in [2.75, 3.05) is 0 Å². The number of amides is 5. The number of nitrogens with one attached hydrogen (secondary N) is 3. The maximum Gasteiger partial charge on any atom is 0.326 e. The zero-order valence-corrected chi connectivity index (χ0v) is 20.1. The quantitative estimate of drug-likeness (QED) is 0.0990. The summed E-state index contributed by atoms with van der Waals surface area (Å²) >= 11 is 0. The Hall–Kier alpha value is -4.73. The third kappa shape index (κ3) is 11.3. The van der Waals surface area contributed by atoms with Crippen LogP contribution in [0.1, 0.15) is 31.2 Å². The molecule has 0 aliphatic heterocycles. The van der Waals surface area contributed by atoms with Crippen LogP contribution in [0.3, 0.4) is 0 Å². The summed E-state index contributed by atoms with van der Waals surface area (Å²) < 4.78 is 0. The van der Waals surface area contributed by atoms with Crippen LogP contribution < -0.4 is 33.2 Å². The molecular formula is C22H30N6O10. The average Bonchev–Trinajstić information content (AvgIpc) is 2.80. The second kappa shape index (κ2) is 14.7. The summed E-state index contributed by atoms with van der Waals surface area (Å²) in [6, 6.07) is -0.717. The zero-order valence-electron chi connectivity index (χ0n) is 20.1. The average molecular weight is 539 g/mol. The first-order chi connectivity index (χ1) is 17.7. The summed E-state index contributed by atoms with van der Waals surface area (Å²) in [5.41, 5.74) is 16.1. The normalized spacial score (nSPS) is 13.7. The Morgan fingerprint density at radius 1 is 0.737 bits per heavy atom. The first-order valence-electron chi connectivity index (χ1n) is 11.1. The lowest BCUT2D eigenvalue weighted by molar-refractivity contribution is -0.143. The number of primary amides is 2. The van der Waals surface area contributed by atoms with Crippen molar-refractivity contribution in [3.05, 3.63) is 29.8 Å². The summed E-state index contributed by atoms with van der Waals surface area (Å²) in [4.78, 5) is 83.1. The summed E-state index contributed by atoms with van der Waals surface area (Å²) in [5.74, 6) is -7.97. The van der Waals surface area contributed by atoms with Crippen LogP contribution in [-0.4, -0.2) is 81.0 Å². The molecule has 0 heterocycles. The van der Waals surface area contributed by atoms with Crippen molar-refractivity contribution < 1.29 is 48.9 Å². The maximum absolute atomic E-state index is 12.9. The van der Waals surface area contributed by atoms with E-state index in [2.05, 4.69) is 16.0 Å². The molecule has 12 N–H and O–H groups in total. The van der Waals surface area contributed by atoms with E-state index in [-0.39, 0.29) is 12.2 Å². The molecule has 1 rings (SSSR count). The lowest BCUT2D eigenvalue weighted by atomic mass is 10.0. The summed E-state index contributed by atoms with van der Waals surface area (Å²) in [6.45, 7) is 0. The highest BCUT2D eigenvalue weighted by Gasteiger charge is 2.31. The Morgan fingerprint density at radius 2 is 1.24 bits per heavy atom. The number of hydrogen-bond acceptors (Lipinski definition) is 9. The Labute approximate surface area is 215 Å². The van der Waals surface area contributed by atoms with Gasteiger partial charge in [0.2, 0.25) is 29.5 Å². The van der Waals surface area contributed by atoms with Crippen molar-refractivity contribution >= 4 is 41.5 Å². The third-order valence-electron chi connectivity index (χ3n) is 5.07. The number of carbonyl (C=O) groups is 7. The Bertz CT molecular complexity index is 1060. The fraction of sp³-hybridized carbons (Fsp3) is 0.409. The van der Waals surface area contributed by atoms with Crippen LogP contribution in [0.4, 0.5) is 0 Å². The van der Waals surface area contributed by atoms with Crippen LogP contribution in [0.5, 0.6) is 5.75 Å². The van der Waals surface area contributed by atoms with Gasteiger partial charge in [-0.2, -0.15) is 0 Å². The van der Waals surface area contributed by atoms with Gasteiger partial charge in [-0.1, -0.05) is 12.1 Å². The summed E-state index contributed by atoms with van der Waals surface area (Å²) in [7, 11) is 0. The highest BCUT2D eigenvalue weighted by molar-refractivity contribution is 5.97. The van der Waals surface area contributed by atoms with Crippen molar-refractivity contribution in [3.8, 4) is 5.75 Å². The number of carboxylic acids is 2. The molecule has 0 aromatic heterocycles. The Morgan fingerprint density at radius 3 is 1.74 bits per heavy atom. The van der Waals surface area contributed by atoms with Gasteiger partial charge < -0.3 is 48.5 Å². The van der Waals surface area contributed by atoms with Crippen LogP contribution in [0.2, 0.25) is 0 Å². The van der Waals surface area contributed by atoms with Crippen molar-refractivity contribution in [2.24, 2.45) is 17.2 Å². The summed E-state index contributed by atoms with van der Waals surface area (Å²) in [5, 5.41) is 34.4. The van der Waals surface area contributed by atoms with E-state index in [9.17, 15) is 43.8 Å². The van der Waals surface area contributed by atoms with Gasteiger partial charge in [0, 0.05) is 12.8 Å². The van der Waals surface area contributed by atoms with Crippen LogP contribution in [0.15, 0.2) is 24.3 Å². The number of aromatic hydroxyl groups is 1. The van der Waals surface area contributed by atoms with E-state index in [1.807, 2.05) is 0 Å². The summed E-state index contributed by atoms with van der Waals surface area (Å²) in [6.07, 6.45) is -2.61. The van der Waals surface area contributed by atoms with E-state index < -0.39 is 91.3 Å². The highest BCUT2D eigenvalue weighted by atomic mass is 16.4. The van der Waals surface area contributed by atoms with E-state index in [0.717, 1.165) is 0 Å². The van der Waals surface area contributed by atoms with Crippen molar-refractivity contribution in [1.82, 2.24) is 16.0 Å². The number of phenolic OH excluding ortho intramolecular Hbond substituents is 1. The minimum atomic E-state index is -1.66. The topological polar surface area (TPSA) is 294 Å². The molecule has 0 aliphatic rings. The van der Waals surface area contributed by atoms with Gasteiger partial charge in [0.05, 0.1) is 18.9 Å². The van der Waals surface area contributed by atoms with Crippen molar-refractivity contribution in [2.45, 2.75) is 56.3 Å². The SMILES string of the molecule is NC(=O)CC(N)C(=O)NC(CC(N)=O)C(=O)NC(CCC(=O)O)C(=O)NC(Cc1ccc(O)cc1)C(=O)O. The van der Waals surface area contributed by atoms with Gasteiger partial charge in [-0.15, -0.1) is 0 Å². The van der Waals surface area contributed by atoms with Gasteiger partial charge in [0.25, 0.3) is 0 Å². The third-order valence-corrected chi connectivity index (χ3v) is 5.07. The molecule has 1 aromatic carbocycles. The Kier molecular flexibility index (Phi) is 12.1. The number of benzene rings is 1. The van der Waals surface area contributed by atoms with Crippen LogP contribution in [0, 0.1) is 0 Å². The number of phenols is 1. The predicted octanol–water partition coefficient (Wildman–Crippen LogP) is -3.58. The second-order valence-electron chi connectivity index (χ2n) is 8.27. The second-order valence-corrected chi connectivity index (χ2v) is 8.27. The molecule has 1 aromatic rings. The molecule has 5 amide bonds. The number of carbonyl (C=O) groups excluding carboxylic acids is 5. The minimum Gasteiger partial charge on any atom is -0.508 e. The molecule has 4 unspecified atom stereocenters. The molecule has 0 saturated carbocycles. The molecule has 0 aliphatic carbocycles. The number of rotatable bonds is 16. The van der Waals surface area contributed by atoms with Gasteiger partial charge in [0.15, 0.2) is 0 Å². The zero-order chi connectivity index (χ0) is 29.0. The molecule has 0 saturated heterocycles. The molecule has 4 atom stereocenters. The van der Waals surface area contributed by atoms with Gasteiger partial charge in [-0.3, -0.25) is 28.8 Å². The molecule has 16 nitrogen and oxygen atoms in total. The molecule has 0 radical (unpaired) electrons. The van der Waals surface area contributed by atoms with Gasteiger partial charge in [0.1, 0.15) is 23.9 Å². The molecule has 16 heteroatoms. The number of aliphatic carboxylic acids is 2. The fourth-order valence-electron chi connectivity index (χ4n) is 3.15. The highest BCUT2D eigenvalue weighted by Crippen LogP contribution is 2.12. The number of nitrogens with two attached hydrogens (primary N) is 3. The smallest absolute Gasteiger partial charge is 0.326 e. The van der Waals surface area contributed by atoms with E-state index >= 15 is 0 Å². The van der Waals surface area contributed by atoms with E-state index in [4.69, 9.17) is 22.3 Å². The van der Waals surface area contributed by atoms with E-state index in [1.165, 1.54) is 24.3 Å². The lowest BCUT2D eigenvalue weighted by Gasteiger charge is -2.24.